The summed E-state index contributed by atoms with van der Waals surface area (Å²) >= 11 is 0. The van der Waals surface area contributed by atoms with Gasteiger partial charge in [-0.15, -0.1) is 0 Å². The van der Waals surface area contributed by atoms with E-state index in [0.717, 1.165) is 31.4 Å². The summed E-state index contributed by atoms with van der Waals surface area (Å²) in [6.45, 7) is 1.80. The number of aromatic nitrogens is 2. The first-order valence-corrected chi connectivity index (χ1v) is 10.1. The minimum Gasteiger partial charge on any atom is -0.395 e. The third-order valence-electron chi connectivity index (χ3n) is 6.16. The predicted octanol–water partition coefficient (Wildman–Crippen LogP) is 1.95. The molecule has 1 atom stereocenters. The van der Waals surface area contributed by atoms with Gasteiger partial charge in [0, 0.05) is 44.5 Å². The zero-order chi connectivity index (χ0) is 18.7. The van der Waals surface area contributed by atoms with Crippen LogP contribution >= 0.6 is 0 Å². The van der Waals surface area contributed by atoms with Crippen LogP contribution in [0.25, 0.3) is 0 Å². The summed E-state index contributed by atoms with van der Waals surface area (Å²) in [6.07, 6.45) is 9.46. The van der Waals surface area contributed by atoms with Gasteiger partial charge in [0.05, 0.1) is 6.61 Å². The molecule has 0 saturated heterocycles. The number of amides is 1. The maximum absolute atomic E-state index is 12.7. The Hall–Kier alpha value is -1.40. The summed E-state index contributed by atoms with van der Waals surface area (Å²) in [4.78, 5) is 16.6. The van der Waals surface area contributed by atoms with Crippen LogP contribution in [-0.4, -0.2) is 70.9 Å². The molecule has 1 aromatic heterocycles. The zero-order valence-electron chi connectivity index (χ0n) is 16.6. The molecule has 146 valence electrons. The molecule has 2 aliphatic carbocycles. The van der Waals surface area contributed by atoms with Gasteiger partial charge in [-0.25, -0.2) is 0 Å². The molecule has 6 nitrogen and oxygen atoms in total. The minimum atomic E-state index is 0.00843. The van der Waals surface area contributed by atoms with Crippen molar-refractivity contribution in [1.29, 1.82) is 0 Å². The first-order valence-electron chi connectivity index (χ1n) is 10.1. The van der Waals surface area contributed by atoms with Gasteiger partial charge in [-0.05, 0) is 45.1 Å². The normalized spacial score (nSPS) is 21.0. The molecule has 1 saturated carbocycles. The minimum absolute atomic E-state index is 0.00843. The summed E-state index contributed by atoms with van der Waals surface area (Å²) in [5.74, 6) is 0.707. The summed E-state index contributed by atoms with van der Waals surface area (Å²) in [5, 5.41) is 14.1. The lowest BCUT2D eigenvalue weighted by atomic mass is 9.88. The van der Waals surface area contributed by atoms with Crippen molar-refractivity contribution in [1.82, 2.24) is 19.6 Å². The fourth-order valence-corrected chi connectivity index (χ4v) is 4.53. The van der Waals surface area contributed by atoms with Crippen LogP contribution in [0.1, 0.15) is 60.3 Å². The van der Waals surface area contributed by atoms with Gasteiger partial charge in [0.2, 0.25) is 0 Å². The first kappa shape index (κ1) is 19.4. The van der Waals surface area contributed by atoms with E-state index in [1.165, 1.54) is 37.8 Å². The van der Waals surface area contributed by atoms with E-state index in [4.69, 9.17) is 5.10 Å². The first-order chi connectivity index (χ1) is 12.5. The molecule has 0 bridgehead atoms. The van der Waals surface area contributed by atoms with Crippen molar-refractivity contribution < 1.29 is 9.90 Å². The molecule has 3 rings (SSSR count). The van der Waals surface area contributed by atoms with Crippen molar-refractivity contribution in [2.24, 2.45) is 5.92 Å². The molecule has 0 aliphatic heterocycles. The highest BCUT2D eigenvalue weighted by Crippen LogP contribution is 2.30. The maximum atomic E-state index is 12.7. The van der Waals surface area contributed by atoms with Gasteiger partial charge in [0.15, 0.2) is 5.69 Å². The fraction of sp³-hybridized carbons (Fsp3) is 0.800. The highest BCUT2D eigenvalue weighted by Gasteiger charge is 2.31. The molecular weight excluding hydrogens is 328 g/mol. The van der Waals surface area contributed by atoms with Crippen molar-refractivity contribution in [2.75, 3.05) is 34.3 Å². The molecule has 26 heavy (non-hydrogen) atoms. The Labute approximate surface area is 157 Å². The Bertz CT molecular complexity index is 620. The zero-order valence-corrected chi connectivity index (χ0v) is 16.6. The third kappa shape index (κ3) is 4.12. The maximum Gasteiger partial charge on any atom is 0.274 e. The van der Waals surface area contributed by atoms with E-state index in [9.17, 15) is 9.90 Å². The smallest absolute Gasteiger partial charge is 0.274 e. The highest BCUT2D eigenvalue weighted by molar-refractivity contribution is 5.93. The summed E-state index contributed by atoms with van der Waals surface area (Å²) < 4.78 is 2.16. The molecule has 6 heteroatoms. The van der Waals surface area contributed by atoms with Crippen LogP contribution < -0.4 is 0 Å². The highest BCUT2D eigenvalue weighted by atomic mass is 16.3. The van der Waals surface area contributed by atoms with Gasteiger partial charge >= 0.3 is 0 Å². The third-order valence-corrected chi connectivity index (χ3v) is 6.16. The quantitative estimate of drug-likeness (QED) is 0.840. The van der Waals surface area contributed by atoms with E-state index >= 15 is 0 Å². The SMILES string of the molecule is CN(C)C(=O)c1nn(CC2CCCCC2)c2c1C[C@H](N(C)CCO)CC2. The molecule has 1 N–H and O–H groups in total. The van der Waals surface area contributed by atoms with Gasteiger partial charge in [0.1, 0.15) is 0 Å². The number of aliphatic hydroxyl groups excluding tert-OH is 1. The molecule has 0 radical (unpaired) electrons. The predicted molar refractivity (Wildman–Crippen MR) is 102 cm³/mol. The van der Waals surface area contributed by atoms with Crippen molar-refractivity contribution in [3.05, 3.63) is 17.0 Å². The van der Waals surface area contributed by atoms with Crippen molar-refractivity contribution >= 4 is 5.91 Å². The average molecular weight is 363 g/mol. The standard InChI is InChI=1S/C20H34N4O2/c1-22(2)20(26)19-17-13-16(23(3)11-12-25)9-10-18(17)24(21-19)14-15-7-5-4-6-8-15/h15-16,25H,4-14H2,1-3H3/t16-/m1/s1. The van der Waals surface area contributed by atoms with Gasteiger partial charge in [0.25, 0.3) is 5.91 Å². The second kappa shape index (κ2) is 8.53. The van der Waals surface area contributed by atoms with Crippen LogP contribution in [0, 0.1) is 5.92 Å². The Kier molecular flexibility index (Phi) is 6.35. The fourth-order valence-electron chi connectivity index (χ4n) is 4.53. The lowest BCUT2D eigenvalue weighted by Gasteiger charge is -2.31. The molecule has 1 aromatic rings. The summed E-state index contributed by atoms with van der Waals surface area (Å²) in [7, 11) is 5.66. The lowest BCUT2D eigenvalue weighted by Crippen LogP contribution is -2.39. The second-order valence-corrected chi connectivity index (χ2v) is 8.26. The average Bonchev–Trinajstić information content (AvgIpc) is 2.99. The number of fused-ring (bicyclic) bond motifs is 1. The number of nitrogens with zero attached hydrogens (tertiary/aromatic N) is 4. The molecule has 1 amide bonds. The molecule has 2 aliphatic rings. The Balaban J connectivity index is 1.86. The molecule has 1 fully saturated rings. The van der Waals surface area contributed by atoms with Gasteiger partial charge in [-0.1, -0.05) is 19.3 Å². The van der Waals surface area contributed by atoms with E-state index in [1.807, 2.05) is 0 Å². The molecule has 0 aromatic carbocycles. The van der Waals surface area contributed by atoms with E-state index in [0.29, 0.717) is 24.2 Å². The van der Waals surface area contributed by atoms with E-state index < -0.39 is 0 Å². The van der Waals surface area contributed by atoms with Crippen LogP contribution in [0.3, 0.4) is 0 Å². The monoisotopic (exact) mass is 362 g/mol. The molecule has 1 heterocycles. The second-order valence-electron chi connectivity index (χ2n) is 8.26. The number of likely N-dealkylation sites (N-methyl/N-ethyl adjacent to an activating group) is 1. The van der Waals surface area contributed by atoms with Crippen LogP contribution in [0.5, 0.6) is 0 Å². The summed E-state index contributed by atoms with van der Waals surface area (Å²) in [5.41, 5.74) is 3.05. The van der Waals surface area contributed by atoms with E-state index in [-0.39, 0.29) is 12.5 Å². The Morgan fingerprint density at radius 2 is 1.92 bits per heavy atom. The number of hydrogen-bond acceptors (Lipinski definition) is 4. The van der Waals surface area contributed by atoms with Crippen molar-refractivity contribution in [3.63, 3.8) is 0 Å². The van der Waals surface area contributed by atoms with Crippen molar-refractivity contribution in [3.8, 4) is 0 Å². The van der Waals surface area contributed by atoms with Crippen LogP contribution in [0.15, 0.2) is 0 Å². The van der Waals surface area contributed by atoms with Crippen LogP contribution in [0.2, 0.25) is 0 Å². The number of carbonyl (C=O) groups is 1. The van der Waals surface area contributed by atoms with Gasteiger partial charge < -0.3 is 14.9 Å². The van der Waals surface area contributed by atoms with Gasteiger partial charge in [-0.2, -0.15) is 5.10 Å². The lowest BCUT2D eigenvalue weighted by molar-refractivity contribution is 0.0818. The number of carbonyl (C=O) groups excluding carboxylic acids is 1. The number of aliphatic hydroxyl groups is 1. The van der Waals surface area contributed by atoms with Crippen LogP contribution in [-0.2, 0) is 19.4 Å². The van der Waals surface area contributed by atoms with Crippen LogP contribution in [0.4, 0.5) is 0 Å². The van der Waals surface area contributed by atoms with Gasteiger partial charge in [-0.3, -0.25) is 9.48 Å². The van der Waals surface area contributed by atoms with E-state index in [1.54, 1.807) is 19.0 Å². The topological polar surface area (TPSA) is 61.6 Å². The molecule has 0 spiro atoms. The Morgan fingerprint density at radius 3 is 2.58 bits per heavy atom. The van der Waals surface area contributed by atoms with Crippen molar-refractivity contribution in [2.45, 2.75) is 64.0 Å². The number of hydrogen-bond donors (Lipinski definition) is 1. The largest absolute Gasteiger partial charge is 0.395 e. The number of rotatable bonds is 6. The molecule has 0 unspecified atom stereocenters. The summed E-state index contributed by atoms with van der Waals surface area (Å²) in [6, 6.07) is 0.371. The Morgan fingerprint density at radius 1 is 1.19 bits per heavy atom. The molecular formula is C20H34N4O2. The van der Waals surface area contributed by atoms with E-state index in [2.05, 4.69) is 16.6 Å².